The fourth-order valence-corrected chi connectivity index (χ4v) is 3.39. The highest BCUT2D eigenvalue weighted by atomic mass is 79.9. The standard InChI is InChI=1S/C13H13Br2F2NO/c14-7-9-3-1-2-4-18(9)13(19)12-10(16)5-8(15)6-11(12)17/h5-6,9H,1-4,7H2. The lowest BCUT2D eigenvalue weighted by Crippen LogP contribution is -2.45. The van der Waals surface area contributed by atoms with Gasteiger partial charge in [-0.15, -0.1) is 0 Å². The summed E-state index contributed by atoms with van der Waals surface area (Å²) in [7, 11) is 0. The van der Waals surface area contributed by atoms with Crippen LogP contribution in [0, 0.1) is 11.6 Å². The summed E-state index contributed by atoms with van der Waals surface area (Å²) in [5.74, 6) is -2.21. The molecule has 1 fully saturated rings. The smallest absolute Gasteiger partial charge is 0.260 e. The van der Waals surface area contributed by atoms with Crippen LogP contribution in [-0.4, -0.2) is 28.7 Å². The van der Waals surface area contributed by atoms with Crippen LogP contribution in [0.4, 0.5) is 8.78 Å². The summed E-state index contributed by atoms with van der Waals surface area (Å²) in [6.07, 6.45) is 2.76. The average molecular weight is 397 g/mol. The monoisotopic (exact) mass is 395 g/mol. The van der Waals surface area contributed by atoms with Gasteiger partial charge in [-0.05, 0) is 31.4 Å². The lowest BCUT2D eigenvalue weighted by atomic mass is 10.0. The van der Waals surface area contributed by atoms with Crippen molar-refractivity contribution in [2.45, 2.75) is 25.3 Å². The second-order valence-electron chi connectivity index (χ2n) is 4.55. The highest BCUT2D eigenvalue weighted by Crippen LogP contribution is 2.25. The summed E-state index contributed by atoms with van der Waals surface area (Å²) in [6, 6.07) is 2.23. The van der Waals surface area contributed by atoms with E-state index in [1.54, 1.807) is 4.90 Å². The minimum atomic E-state index is -0.823. The molecule has 0 aromatic heterocycles. The van der Waals surface area contributed by atoms with Gasteiger partial charge in [-0.25, -0.2) is 8.78 Å². The second-order valence-corrected chi connectivity index (χ2v) is 6.11. The van der Waals surface area contributed by atoms with Gasteiger partial charge in [-0.2, -0.15) is 0 Å². The molecule has 0 bridgehead atoms. The number of benzene rings is 1. The van der Waals surface area contributed by atoms with Crippen LogP contribution >= 0.6 is 31.9 Å². The van der Waals surface area contributed by atoms with Crippen molar-refractivity contribution >= 4 is 37.8 Å². The van der Waals surface area contributed by atoms with E-state index in [-0.39, 0.29) is 10.5 Å². The number of carbonyl (C=O) groups excluding carboxylic acids is 1. The van der Waals surface area contributed by atoms with Crippen LogP contribution in [0.5, 0.6) is 0 Å². The number of halogens is 4. The summed E-state index contributed by atoms with van der Waals surface area (Å²) >= 11 is 6.36. The van der Waals surface area contributed by atoms with Crippen molar-refractivity contribution in [3.8, 4) is 0 Å². The zero-order valence-corrected chi connectivity index (χ0v) is 13.3. The molecule has 0 N–H and O–H groups in total. The van der Waals surface area contributed by atoms with Gasteiger partial charge in [-0.1, -0.05) is 31.9 Å². The van der Waals surface area contributed by atoms with Crippen LogP contribution < -0.4 is 0 Å². The Labute approximate surface area is 127 Å². The zero-order chi connectivity index (χ0) is 14.0. The third kappa shape index (κ3) is 3.16. The van der Waals surface area contributed by atoms with E-state index in [1.807, 2.05) is 0 Å². The van der Waals surface area contributed by atoms with Gasteiger partial charge >= 0.3 is 0 Å². The van der Waals surface area contributed by atoms with Crippen LogP contribution in [0.3, 0.4) is 0 Å². The van der Waals surface area contributed by atoms with Crippen molar-refractivity contribution in [2.75, 3.05) is 11.9 Å². The number of likely N-dealkylation sites (tertiary alicyclic amines) is 1. The van der Waals surface area contributed by atoms with Gasteiger partial charge < -0.3 is 4.90 Å². The predicted octanol–water partition coefficient (Wildman–Crippen LogP) is 4.12. The van der Waals surface area contributed by atoms with Crippen molar-refractivity contribution in [3.63, 3.8) is 0 Å². The van der Waals surface area contributed by atoms with E-state index in [4.69, 9.17) is 0 Å². The summed E-state index contributed by atoms with van der Waals surface area (Å²) in [6.45, 7) is 0.546. The number of alkyl halides is 1. The van der Waals surface area contributed by atoms with E-state index in [0.29, 0.717) is 11.9 Å². The van der Waals surface area contributed by atoms with Crippen LogP contribution in [0.2, 0.25) is 0 Å². The topological polar surface area (TPSA) is 20.3 Å². The average Bonchev–Trinajstić information content (AvgIpc) is 2.37. The molecule has 0 spiro atoms. The molecular formula is C13H13Br2F2NO. The molecule has 1 saturated heterocycles. The summed E-state index contributed by atoms with van der Waals surface area (Å²) < 4.78 is 27.9. The maximum atomic E-state index is 13.8. The normalized spacial score (nSPS) is 19.6. The van der Waals surface area contributed by atoms with Crippen molar-refractivity contribution in [1.82, 2.24) is 4.90 Å². The lowest BCUT2D eigenvalue weighted by molar-refractivity contribution is 0.0632. The molecule has 0 aliphatic carbocycles. The third-order valence-corrected chi connectivity index (χ3v) is 4.49. The second kappa shape index (κ2) is 6.31. The fraction of sp³-hybridized carbons (Fsp3) is 0.462. The molecule has 1 unspecified atom stereocenters. The number of carbonyl (C=O) groups is 1. The molecule has 1 amide bonds. The van der Waals surface area contributed by atoms with Crippen molar-refractivity contribution < 1.29 is 13.6 Å². The molecule has 1 aromatic carbocycles. The minimum Gasteiger partial charge on any atom is -0.335 e. The third-order valence-electron chi connectivity index (χ3n) is 3.29. The van der Waals surface area contributed by atoms with Crippen LogP contribution in [0.25, 0.3) is 0 Å². The van der Waals surface area contributed by atoms with E-state index < -0.39 is 23.1 Å². The molecule has 2 rings (SSSR count). The van der Waals surface area contributed by atoms with Gasteiger partial charge in [0.25, 0.3) is 5.91 Å². The minimum absolute atomic E-state index is 0.00342. The Morgan fingerprint density at radius 2 is 1.95 bits per heavy atom. The molecule has 6 heteroatoms. The Bertz CT molecular complexity index is 473. The number of hydrogen-bond acceptors (Lipinski definition) is 1. The van der Waals surface area contributed by atoms with E-state index in [9.17, 15) is 13.6 Å². The first kappa shape index (κ1) is 14.9. The quantitative estimate of drug-likeness (QED) is 0.688. The summed E-state index contributed by atoms with van der Waals surface area (Å²) in [5, 5.41) is 0.624. The number of nitrogens with zero attached hydrogens (tertiary/aromatic N) is 1. The molecule has 1 aliphatic heterocycles. The first-order valence-corrected chi connectivity index (χ1v) is 7.97. The molecule has 19 heavy (non-hydrogen) atoms. The van der Waals surface area contributed by atoms with Gasteiger partial charge in [0.15, 0.2) is 0 Å². The Balaban J connectivity index is 2.33. The number of piperidine rings is 1. The molecule has 1 atom stereocenters. The first-order chi connectivity index (χ1) is 9.04. The molecule has 104 valence electrons. The Morgan fingerprint density at radius 1 is 1.32 bits per heavy atom. The number of amides is 1. The number of rotatable bonds is 2. The fourth-order valence-electron chi connectivity index (χ4n) is 2.32. The molecule has 1 heterocycles. The highest BCUT2D eigenvalue weighted by molar-refractivity contribution is 9.10. The Kier molecular flexibility index (Phi) is 4.95. The van der Waals surface area contributed by atoms with Gasteiger partial charge in [0.2, 0.25) is 0 Å². The maximum Gasteiger partial charge on any atom is 0.260 e. The lowest BCUT2D eigenvalue weighted by Gasteiger charge is -2.34. The van der Waals surface area contributed by atoms with Crippen LogP contribution in [-0.2, 0) is 0 Å². The van der Waals surface area contributed by atoms with Crippen molar-refractivity contribution in [1.29, 1.82) is 0 Å². The highest BCUT2D eigenvalue weighted by Gasteiger charge is 2.30. The van der Waals surface area contributed by atoms with Gasteiger partial charge in [0.1, 0.15) is 17.2 Å². The Hall–Kier alpha value is -0.490. The predicted molar refractivity (Wildman–Crippen MR) is 76.5 cm³/mol. The molecule has 2 nitrogen and oxygen atoms in total. The van der Waals surface area contributed by atoms with Crippen LogP contribution in [0.1, 0.15) is 29.6 Å². The van der Waals surface area contributed by atoms with Gasteiger partial charge in [0.05, 0.1) is 0 Å². The largest absolute Gasteiger partial charge is 0.335 e. The molecular weight excluding hydrogens is 384 g/mol. The molecule has 0 radical (unpaired) electrons. The zero-order valence-electron chi connectivity index (χ0n) is 10.1. The SMILES string of the molecule is O=C(c1c(F)cc(Br)cc1F)N1CCCCC1CBr. The van der Waals surface area contributed by atoms with E-state index in [0.717, 1.165) is 31.4 Å². The first-order valence-electron chi connectivity index (χ1n) is 6.06. The molecule has 0 saturated carbocycles. The summed E-state index contributed by atoms with van der Waals surface area (Å²) in [4.78, 5) is 13.9. The van der Waals surface area contributed by atoms with Crippen molar-refractivity contribution in [3.05, 3.63) is 33.8 Å². The van der Waals surface area contributed by atoms with Crippen LogP contribution in [0.15, 0.2) is 16.6 Å². The van der Waals surface area contributed by atoms with E-state index >= 15 is 0 Å². The van der Waals surface area contributed by atoms with Crippen molar-refractivity contribution in [2.24, 2.45) is 0 Å². The summed E-state index contributed by atoms with van der Waals surface area (Å²) in [5.41, 5.74) is -0.462. The molecule has 1 aliphatic rings. The van der Waals surface area contributed by atoms with E-state index in [2.05, 4.69) is 31.9 Å². The maximum absolute atomic E-state index is 13.8. The van der Waals surface area contributed by atoms with E-state index in [1.165, 1.54) is 0 Å². The Morgan fingerprint density at radius 3 is 2.53 bits per heavy atom. The number of hydrogen-bond donors (Lipinski definition) is 0. The van der Waals surface area contributed by atoms with Gasteiger partial charge in [0, 0.05) is 22.4 Å². The van der Waals surface area contributed by atoms with Gasteiger partial charge in [-0.3, -0.25) is 4.79 Å². The molecule has 1 aromatic rings.